The molecular weight excluding hydrogens is 344 g/mol. The zero-order valence-corrected chi connectivity index (χ0v) is 16.9. The van der Waals surface area contributed by atoms with Crippen LogP contribution in [0.15, 0.2) is 30.3 Å². The van der Waals surface area contributed by atoms with Gasteiger partial charge in [0.1, 0.15) is 12.2 Å². The molecule has 6 nitrogen and oxygen atoms in total. The molecule has 0 saturated carbocycles. The van der Waals surface area contributed by atoms with E-state index in [1.54, 1.807) is 4.90 Å². The number of ether oxygens (including phenoxy) is 2. The number of carbonyl (C=O) groups excluding carboxylic acids is 2. The van der Waals surface area contributed by atoms with Crippen LogP contribution in [0.5, 0.6) is 0 Å². The summed E-state index contributed by atoms with van der Waals surface area (Å²) in [7, 11) is 0. The highest BCUT2D eigenvalue weighted by Gasteiger charge is 2.31. The van der Waals surface area contributed by atoms with E-state index in [9.17, 15) is 9.59 Å². The summed E-state index contributed by atoms with van der Waals surface area (Å²) < 4.78 is 11.0. The van der Waals surface area contributed by atoms with Crippen molar-refractivity contribution >= 4 is 12.2 Å². The molecule has 150 valence electrons. The molecule has 0 atom stereocenters. The van der Waals surface area contributed by atoms with Gasteiger partial charge in [0.25, 0.3) is 0 Å². The fourth-order valence-corrected chi connectivity index (χ4v) is 3.15. The van der Waals surface area contributed by atoms with E-state index in [-0.39, 0.29) is 24.8 Å². The second kappa shape index (κ2) is 9.62. The first-order valence-electron chi connectivity index (χ1n) is 9.75. The smallest absolute Gasteiger partial charge is 0.410 e. The summed E-state index contributed by atoms with van der Waals surface area (Å²) >= 11 is 0. The molecule has 27 heavy (non-hydrogen) atoms. The summed E-state index contributed by atoms with van der Waals surface area (Å²) in [6.45, 7) is 9.75. The first-order chi connectivity index (χ1) is 12.8. The van der Waals surface area contributed by atoms with Crippen LogP contribution in [0.25, 0.3) is 0 Å². The summed E-state index contributed by atoms with van der Waals surface area (Å²) in [4.78, 5) is 28.4. The third kappa shape index (κ3) is 6.77. The van der Waals surface area contributed by atoms with Crippen LogP contribution in [-0.2, 0) is 16.1 Å². The van der Waals surface area contributed by atoms with Crippen LogP contribution in [0.1, 0.15) is 52.5 Å². The molecule has 1 aromatic rings. The van der Waals surface area contributed by atoms with Gasteiger partial charge in [-0.25, -0.2) is 9.59 Å². The predicted octanol–water partition coefficient (Wildman–Crippen LogP) is 4.43. The Kier molecular flexibility index (Phi) is 7.51. The molecule has 6 heteroatoms. The Labute approximate surface area is 162 Å². The largest absolute Gasteiger partial charge is 0.445 e. The van der Waals surface area contributed by atoms with E-state index in [0.717, 1.165) is 24.8 Å². The van der Waals surface area contributed by atoms with Crippen molar-refractivity contribution in [2.45, 2.75) is 65.2 Å². The van der Waals surface area contributed by atoms with Gasteiger partial charge < -0.3 is 19.3 Å². The maximum absolute atomic E-state index is 12.6. The highest BCUT2D eigenvalue weighted by Crippen LogP contribution is 2.20. The summed E-state index contributed by atoms with van der Waals surface area (Å²) in [5.41, 5.74) is 0.478. The predicted molar refractivity (Wildman–Crippen MR) is 104 cm³/mol. The van der Waals surface area contributed by atoms with E-state index in [1.807, 2.05) is 62.9 Å². The SMILES string of the molecule is CCCN(C(=O)OCc1ccccc1)C1CCN(C(=O)OC(C)(C)C)CC1. The fraction of sp³-hybridized carbons (Fsp3) is 0.619. The van der Waals surface area contributed by atoms with Gasteiger partial charge >= 0.3 is 12.2 Å². The van der Waals surface area contributed by atoms with E-state index in [0.29, 0.717) is 19.6 Å². The number of hydrogen-bond donors (Lipinski definition) is 0. The third-order valence-electron chi connectivity index (χ3n) is 4.46. The zero-order chi connectivity index (χ0) is 19.9. The highest BCUT2D eigenvalue weighted by molar-refractivity contribution is 5.69. The van der Waals surface area contributed by atoms with Crippen LogP contribution in [0, 0.1) is 0 Å². The lowest BCUT2D eigenvalue weighted by atomic mass is 10.0. The highest BCUT2D eigenvalue weighted by atomic mass is 16.6. The Morgan fingerprint density at radius 3 is 2.33 bits per heavy atom. The number of carbonyl (C=O) groups is 2. The minimum atomic E-state index is -0.497. The number of piperidine rings is 1. The molecule has 1 saturated heterocycles. The van der Waals surface area contributed by atoms with Crippen molar-refractivity contribution in [3.63, 3.8) is 0 Å². The summed E-state index contributed by atoms with van der Waals surface area (Å²) in [5.74, 6) is 0. The topological polar surface area (TPSA) is 59.1 Å². The second-order valence-corrected chi connectivity index (χ2v) is 7.93. The van der Waals surface area contributed by atoms with E-state index in [1.165, 1.54) is 0 Å². The quantitative estimate of drug-likeness (QED) is 0.762. The Hall–Kier alpha value is -2.24. The van der Waals surface area contributed by atoms with Crippen molar-refractivity contribution in [3.8, 4) is 0 Å². The number of benzene rings is 1. The van der Waals surface area contributed by atoms with Crippen molar-refractivity contribution in [3.05, 3.63) is 35.9 Å². The average molecular weight is 376 g/mol. The summed E-state index contributed by atoms with van der Waals surface area (Å²) in [6.07, 6.45) is 1.78. The molecule has 1 heterocycles. The Bertz CT molecular complexity index is 604. The molecule has 0 N–H and O–H groups in total. The lowest BCUT2D eigenvalue weighted by molar-refractivity contribution is 0.0133. The van der Waals surface area contributed by atoms with E-state index in [2.05, 4.69) is 0 Å². The lowest BCUT2D eigenvalue weighted by Crippen LogP contribution is -2.50. The number of amides is 2. The van der Waals surface area contributed by atoms with Gasteiger partial charge in [-0.2, -0.15) is 0 Å². The molecule has 1 aromatic carbocycles. The number of hydrogen-bond acceptors (Lipinski definition) is 4. The molecular formula is C21H32N2O4. The van der Waals surface area contributed by atoms with E-state index < -0.39 is 5.60 Å². The maximum atomic E-state index is 12.6. The Morgan fingerprint density at radius 2 is 1.78 bits per heavy atom. The van der Waals surface area contributed by atoms with Crippen LogP contribution in [-0.4, -0.2) is 53.3 Å². The zero-order valence-electron chi connectivity index (χ0n) is 16.9. The summed E-state index contributed by atoms with van der Waals surface area (Å²) in [6, 6.07) is 9.77. The second-order valence-electron chi connectivity index (χ2n) is 7.93. The van der Waals surface area contributed by atoms with Gasteiger partial charge in [0.2, 0.25) is 0 Å². The Morgan fingerprint density at radius 1 is 1.15 bits per heavy atom. The normalized spacial score (nSPS) is 15.3. The summed E-state index contributed by atoms with van der Waals surface area (Å²) in [5, 5.41) is 0. The van der Waals surface area contributed by atoms with Crippen molar-refractivity contribution in [1.82, 2.24) is 9.80 Å². The van der Waals surface area contributed by atoms with Gasteiger partial charge in [-0.1, -0.05) is 37.3 Å². The molecule has 1 aliphatic rings. The van der Waals surface area contributed by atoms with Gasteiger partial charge in [-0.3, -0.25) is 0 Å². The molecule has 0 aliphatic carbocycles. The molecule has 2 amide bonds. The van der Waals surface area contributed by atoms with Crippen molar-refractivity contribution < 1.29 is 19.1 Å². The van der Waals surface area contributed by atoms with Crippen LogP contribution >= 0.6 is 0 Å². The van der Waals surface area contributed by atoms with E-state index in [4.69, 9.17) is 9.47 Å². The number of nitrogens with zero attached hydrogens (tertiary/aromatic N) is 2. The molecule has 2 rings (SSSR count). The maximum Gasteiger partial charge on any atom is 0.410 e. The molecule has 1 aliphatic heterocycles. The third-order valence-corrected chi connectivity index (χ3v) is 4.46. The lowest BCUT2D eigenvalue weighted by Gasteiger charge is -2.38. The van der Waals surface area contributed by atoms with Gasteiger partial charge in [-0.15, -0.1) is 0 Å². The Balaban J connectivity index is 1.87. The van der Waals surface area contributed by atoms with Crippen LogP contribution < -0.4 is 0 Å². The molecule has 0 radical (unpaired) electrons. The van der Waals surface area contributed by atoms with Crippen LogP contribution in [0.4, 0.5) is 9.59 Å². The molecule has 0 unspecified atom stereocenters. The van der Waals surface area contributed by atoms with Crippen LogP contribution in [0.3, 0.4) is 0 Å². The first-order valence-corrected chi connectivity index (χ1v) is 9.75. The molecule has 0 bridgehead atoms. The molecule has 1 fully saturated rings. The van der Waals surface area contributed by atoms with Crippen molar-refractivity contribution in [2.24, 2.45) is 0 Å². The number of rotatable bonds is 5. The minimum absolute atomic E-state index is 0.0897. The van der Waals surface area contributed by atoms with Crippen LogP contribution in [0.2, 0.25) is 0 Å². The van der Waals surface area contributed by atoms with E-state index >= 15 is 0 Å². The minimum Gasteiger partial charge on any atom is -0.445 e. The fourth-order valence-electron chi connectivity index (χ4n) is 3.15. The molecule has 0 spiro atoms. The average Bonchev–Trinajstić information content (AvgIpc) is 2.64. The van der Waals surface area contributed by atoms with Gasteiger partial charge in [0.05, 0.1) is 0 Å². The standard InChI is InChI=1S/C21H32N2O4/c1-5-13-23(20(25)26-16-17-9-7-6-8-10-17)18-11-14-22(15-12-18)19(24)27-21(2,3)4/h6-10,18H,5,11-16H2,1-4H3. The van der Waals surface area contributed by atoms with Gasteiger partial charge in [0, 0.05) is 25.7 Å². The first kappa shape index (κ1) is 21.1. The van der Waals surface area contributed by atoms with Gasteiger partial charge in [0.15, 0.2) is 0 Å². The monoisotopic (exact) mass is 376 g/mol. The molecule has 0 aromatic heterocycles. The van der Waals surface area contributed by atoms with Crippen molar-refractivity contribution in [2.75, 3.05) is 19.6 Å². The number of likely N-dealkylation sites (tertiary alicyclic amines) is 1. The van der Waals surface area contributed by atoms with Crippen molar-refractivity contribution in [1.29, 1.82) is 0 Å². The van der Waals surface area contributed by atoms with Gasteiger partial charge in [-0.05, 0) is 45.6 Å².